The summed E-state index contributed by atoms with van der Waals surface area (Å²) in [5.74, 6) is -0.493. The molecule has 4 nitrogen and oxygen atoms in total. The van der Waals surface area contributed by atoms with Gasteiger partial charge in [-0.3, -0.25) is 9.36 Å². The fourth-order valence-electron chi connectivity index (χ4n) is 2.50. The summed E-state index contributed by atoms with van der Waals surface area (Å²) in [6.45, 7) is 1.84. The quantitative estimate of drug-likeness (QED) is 0.808. The van der Waals surface area contributed by atoms with Gasteiger partial charge in [0.15, 0.2) is 0 Å². The zero-order valence-electron chi connectivity index (χ0n) is 12.0. The second-order valence-electron chi connectivity index (χ2n) is 5.21. The maximum absolute atomic E-state index is 13.7. The Kier molecular flexibility index (Phi) is 3.73. The average Bonchev–Trinajstić information content (AvgIpc) is 2.51. The summed E-state index contributed by atoms with van der Waals surface area (Å²) in [6.07, 6.45) is 0.282. The van der Waals surface area contributed by atoms with E-state index in [9.17, 15) is 14.3 Å². The molecule has 0 bridgehead atoms. The molecule has 0 fully saturated rings. The Morgan fingerprint density at radius 1 is 1.23 bits per heavy atom. The summed E-state index contributed by atoms with van der Waals surface area (Å²) in [7, 11) is 0. The fourth-order valence-corrected chi connectivity index (χ4v) is 2.50. The molecule has 0 radical (unpaired) electrons. The van der Waals surface area contributed by atoms with Gasteiger partial charge in [0.05, 0.1) is 29.9 Å². The van der Waals surface area contributed by atoms with Crippen molar-refractivity contribution in [2.24, 2.45) is 0 Å². The van der Waals surface area contributed by atoms with Crippen molar-refractivity contribution >= 4 is 10.9 Å². The van der Waals surface area contributed by atoms with Crippen LogP contribution in [0, 0.1) is 12.7 Å². The van der Waals surface area contributed by atoms with E-state index in [1.165, 1.54) is 23.0 Å². The van der Waals surface area contributed by atoms with Crippen molar-refractivity contribution in [2.75, 3.05) is 0 Å². The molecule has 1 aromatic heterocycles. The Bertz CT molecular complexity index is 889. The number of nitrogens with zero attached hydrogens (tertiary/aromatic N) is 2. The van der Waals surface area contributed by atoms with Gasteiger partial charge in [-0.05, 0) is 24.6 Å². The second kappa shape index (κ2) is 5.69. The molecule has 0 spiro atoms. The van der Waals surface area contributed by atoms with Crippen LogP contribution < -0.4 is 5.56 Å². The van der Waals surface area contributed by atoms with Gasteiger partial charge in [-0.25, -0.2) is 9.37 Å². The van der Waals surface area contributed by atoms with Crippen LogP contribution in [0.15, 0.2) is 53.6 Å². The summed E-state index contributed by atoms with van der Waals surface area (Å²) < 4.78 is 15.0. The number of rotatable bonds is 3. The molecule has 3 rings (SSSR count). The van der Waals surface area contributed by atoms with E-state index >= 15 is 0 Å². The van der Waals surface area contributed by atoms with E-state index in [2.05, 4.69) is 4.98 Å². The number of benzene rings is 2. The zero-order chi connectivity index (χ0) is 15.7. The minimum absolute atomic E-state index is 0.0450. The van der Waals surface area contributed by atoms with E-state index in [4.69, 9.17) is 0 Å². The van der Waals surface area contributed by atoms with E-state index in [-0.39, 0.29) is 17.7 Å². The highest BCUT2D eigenvalue weighted by molar-refractivity contribution is 5.80. The van der Waals surface area contributed by atoms with E-state index in [0.29, 0.717) is 10.9 Å². The molecule has 1 unspecified atom stereocenters. The molecule has 112 valence electrons. The molecule has 1 N–H and O–H groups in total. The topological polar surface area (TPSA) is 55.1 Å². The zero-order valence-corrected chi connectivity index (χ0v) is 12.0. The number of hydrogen-bond donors (Lipinski definition) is 1. The summed E-state index contributed by atoms with van der Waals surface area (Å²) >= 11 is 0. The summed E-state index contributed by atoms with van der Waals surface area (Å²) in [5, 5.41) is 10.7. The number of aliphatic hydroxyl groups excluding tert-OH is 1. The Hall–Kier alpha value is -2.53. The molecule has 0 saturated carbocycles. The molecule has 5 heteroatoms. The van der Waals surface area contributed by atoms with Crippen molar-refractivity contribution in [3.05, 3.63) is 76.1 Å². The third kappa shape index (κ3) is 2.51. The first-order chi connectivity index (χ1) is 10.6. The molecule has 0 aliphatic carbocycles. The van der Waals surface area contributed by atoms with Crippen LogP contribution in [0.4, 0.5) is 4.39 Å². The third-order valence-electron chi connectivity index (χ3n) is 3.69. The van der Waals surface area contributed by atoms with Crippen LogP contribution in [0.1, 0.15) is 17.2 Å². The predicted molar refractivity (Wildman–Crippen MR) is 82.1 cm³/mol. The van der Waals surface area contributed by atoms with Crippen molar-refractivity contribution in [1.82, 2.24) is 9.55 Å². The molecule has 2 aromatic carbocycles. The Labute approximate surface area is 126 Å². The molecule has 1 heterocycles. The van der Waals surface area contributed by atoms with Crippen LogP contribution in [0.3, 0.4) is 0 Å². The Morgan fingerprint density at radius 2 is 2.00 bits per heavy atom. The predicted octanol–water partition coefficient (Wildman–Crippen LogP) is 2.58. The van der Waals surface area contributed by atoms with Crippen LogP contribution in [0.5, 0.6) is 0 Å². The second-order valence-corrected chi connectivity index (χ2v) is 5.21. The van der Waals surface area contributed by atoms with E-state index in [1.807, 2.05) is 13.0 Å². The van der Waals surface area contributed by atoms with Gasteiger partial charge in [0.1, 0.15) is 5.82 Å². The number of hydrogen-bond acceptors (Lipinski definition) is 3. The van der Waals surface area contributed by atoms with Crippen LogP contribution in [-0.2, 0) is 6.54 Å². The van der Waals surface area contributed by atoms with E-state index in [1.54, 1.807) is 24.3 Å². The van der Waals surface area contributed by atoms with E-state index in [0.717, 1.165) is 5.56 Å². The first-order valence-electron chi connectivity index (χ1n) is 6.95. The van der Waals surface area contributed by atoms with Crippen molar-refractivity contribution < 1.29 is 9.50 Å². The minimum atomic E-state index is -1.11. The average molecular weight is 298 g/mol. The van der Waals surface area contributed by atoms with Crippen LogP contribution in [0.25, 0.3) is 10.9 Å². The molecular weight excluding hydrogens is 283 g/mol. The molecule has 22 heavy (non-hydrogen) atoms. The van der Waals surface area contributed by atoms with Crippen LogP contribution in [-0.4, -0.2) is 14.7 Å². The van der Waals surface area contributed by atoms with Crippen molar-refractivity contribution in [3.8, 4) is 0 Å². The monoisotopic (exact) mass is 298 g/mol. The summed E-state index contributed by atoms with van der Waals surface area (Å²) in [5.41, 5.74) is 1.48. The molecule has 0 amide bonds. The Balaban J connectivity index is 2.00. The molecule has 0 aliphatic heterocycles. The molecule has 1 atom stereocenters. The largest absolute Gasteiger partial charge is 0.386 e. The maximum Gasteiger partial charge on any atom is 0.261 e. The van der Waals surface area contributed by atoms with Gasteiger partial charge in [-0.2, -0.15) is 0 Å². The standard InChI is InChI=1S/C17H15FN2O2/c1-11-5-4-7-13-16(11)19-10-20(17(13)22)9-15(21)12-6-2-3-8-14(12)18/h2-8,10,15,21H,9H2,1H3. The number of aromatic nitrogens is 2. The lowest BCUT2D eigenvalue weighted by molar-refractivity contribution is 0.150. The highest BCUT2D eigenvalue weighted by atomic mass is 19.1. The van der Waals surface area contributed by atoms with Gasteiger partial charge in [0.25, 0.3) is 5.56 Å². The summed E-state index contributed by atoms with van der Waals surface area (Å²) in [4.78, 5) is 16.7. The SMILES string of the molecule is Cc1cccc2c(=O)n(CC(O)c3ccccc3F)cnc12. The highest BCUT2D eigenvalue weighted by Gasteiger charge is 2.14. The maximum atomic E-state index is 13.7. The van der Waals surface area contributed by atoms with Gasteiger partial charge >= 0.3 is 0 Å². The highest BCUT2D eigenvalue weighted by Crippen LogP contribution is 2.18. The molecule has 3 aromatic rings. The van der Waals surface area contributed by atoms with Gasteiger partial charge in [-0.15, -0.1) is 0 Å². The number of fused-ring (bicyclic) bond motifs is 1. The van der Waals surface area contributed by atoms with E-state index < -0.39 is 11.9 Å². The first kappa shape index (κ1) is 14.4. The van der Waals surface area contributed by atoms with Gasteiger partial charge in [0, 0.05) is 5.56 Å². The van der Waals surface area contributed by atoms with Crippen LogP contribution in [0.2, 0.25) is 0 Å². The lowest BCUT2D eigenvalue weighted by atomic mass is 10.1. The summed E-state index contributed by atoms with van der Waals surface area (Å²) in [6, 6.07) is 11.4. The van der Waals surface area contributed by atoms with Crippen molar-refractivity contribution in [2.45, 2.75) is 19.6 Å². The third-order valence-corrected chi connectivity index (χ3v) is 3.69. The molecule has 0 aliphatic rings. The van der Waals surface area contributed by atoms with Crippen molar-refractivity contribution in [1.29, 1.82) is 0 Å². The van der Waals surface area contributed by atoms with Gasteiger partial charge in [-0.1, -0.05) is 30.3 Å². The Morgan fingerprint density at radius 3 is 2.77 bits per heavy atom. The lowest BCUT2D eigenvalue weighted by Gasteiger charge is -2.14. The minimum Gasteiger partial charge on any atom is -0.386 e. The number of para-hydroxylation sites is 1. The van der Waals surface area contributed by atoms with Crippen molar-refractivity contribution in [3.63, 3.8) is 0 Å². The number of aliphatic hydroxyl groups is 1. The number of aryl methyl sites for hydroxylation is 1. The molecule has 0 saturated heterocycles. The fraction of sp³-hybridized carbons (Fsp3) is 0.176. The first-order valence-corrected chi connectivity index (χ1v) is 6.95. The normalized spacial score (nSPS) is 12.5. The number of halogens is 1. The molecular formula is C17H15FN2O2. The van der Waals surface area contributed by atoms with Gasteiger partial charge < -0.3 is 5.11 Å². The smallest absolute Gasteiger partial charge is 0.261 e. The van der Waals surface area contributed by atoms with Crippen LogP contribution >= 0.6 is 0 Å². The van der Waals surface area contributed by atoms with Gasteiger partial charge in [0.2, 0.25) is 0 Å². The lowest BCUT2D eigenvalue weighted by Crippen LogP contribution is -2.24.